The summed E-state index contributed by atoms with van der Waals surface area (Å²) in [7, 11) is 0. The van der Waals surface area contributed by atoms with Crippen LogP contribution in [0.4, 0.5) is 5.69 Å². The van der Waals surface area contributed by atoms with E-state index in [0.29, 0.717) is 28.6 Å². The van der Waals surface area contributed by atoms with Gasteiger partial charge in [-0.15, -0.1) is 0 Å². The maximum absolute atomic E-state index is 10.7. The number of carboxylic acid groups (broad SMARTS) is 1. The van der Waals surface area contributed by atoms with Crippen LogP contribution in [0, 0.1) is 0 Å². The zero-order valence-corrected chi connectivity index (χ0v) is 10.8. The van der Waals surface area contributed by atoms with Crippen molar-refractivity contribution >= 4 is 34.9 Å². The van der Waals surface area contributed by atoms with E-state index in [-0.39, 0.29) is 0 Å². The lowest BCUT2D eigenvalue weighted by Crippen LogP contribution is -2.04. The summed E-state index contributed by atoms with van der Waals surface area (Å²) in [5, 5.41) is 12.8. The number of nitrogens with one attached hydrogen (secondary N) is 1. The van der Waals surface area contributed by atoms with E-state index in [1.807, 2.05) is 0 Å². The number of anilines is 1. The van der Waals surface area contributed by atoms with Crippen molar-refractivity contribution in [3.05, 3.63) is 39.9 Å². The minimum absolute atomic E-state index is 0.387. The van der Waals surface area contributed by atoms with Gasteiger partial charge in [-0.3, -0.25) is 0 Å². The third kappa shape index (κ3) is 4.29. The molecule has 0 aliphatic carbocycles. The van der Waals surface area contributed by atoms with Crippen LogP contribution in [0.5, 0.6) is 0 Å². The Morgan fingerprint density at radius 3 is 2.65 bits per heavy atom. The van der Waals surface area contributed by atoms with Crippen LogP contribution in [0.1, 0.15) is 13.3 Å². The number of rotatable bonds is 5. The molecule has 0 amide bonds. The average Bonchev–Trinajstić information content (AvgIpc) is 2.28. The molecule has 17 heavy (non-hydrogen) atoms. The molecule has 0 bridgehead atoms. The number of carbonyl (C=O) groups is 1. The van der Waals surface area contributed by atoms with Gasteiger partial charge in [0.1, 0.15) is 0 Å². The van der Waals surface area contributed by atoms with Gasteiger partial charge in [0.15, 0.2) is 0 Å². The molecule has 5 heteroatoms. The quantitative estimate of drug-likeness (QED) is 0.802. The van der Waals surface area contributed by atoms with Gasteiger partial charge in [0.05, 0.1) is 10.0 Å². The van der Waals surface area contributed by atoms with E-state index in [1.54, 1.807) is 31.2 Å². The predicted octanol–water partition coefficient (Wildman–Crippen LogP) is 3.83. The van der Waals surface area contributed by atoms with Crippen LogP contribution in [0.2, 0.25) is 10.0 Å². The maximum atomic E-state index is 10.7. The van der Waals surface area contributed by atoms with Crippen molar-refractivity contribution in [1.29, 1.82) is 0 Å². The summed E-state index contributed by atoms with van der Waals surface area (Å²) in [6.07, 6.45) is 2.14. The van der Waals surface area contributed by atoms with Crippen LogP contribution in [-0.4, -0.2) is 17.6 Å². The molecule has 0 unspecified atom stereocenters. The van der Waals surface area contributed by atoms with Crippen molar-refractivity contribution < 1.29 is 9.90 Å². The Labute approximate surface area is 110 Å². The Morgan fingerprint density at radius 2 is 2.12 bits per heavy atom. The van der Waals surface area contributed by atoms with Gasteiger partial charge < -0.3 is 10.4 Å². The molecular formula is C12H13Cl2NO2. The Hall–Kier alpha value is -1.19. The molecule has 1 aromatic carbocycles. The minimum atomic E-state index is -0.886. The van der Waals surface area contributed by atoms with Crippen LogP contribution in [0.3, 0.4) is 0 Å². The number of hydrogen-bond acceptors (Lipinski definition) is 2. The summed E-state index contributed by atoms with van der Waals surface area (Å²) in [4.78, 5) is 10.7. The summed E-state index contributed by atoms with van der Waals surface area (Å²) < 4.78 is 0. The summed E-state index contributed by atoms with van der Waals surface area (Å²) in [5.41, 5.74) is 1.19. The molecule has 92 valence electrons. The highest BCUT2D eigenvalue weighted by Crippen LogP contribution is 2.24. The van der Waals surface area contributed by atoms with Crippen molar-refractivity contribution in [1.82, 2.24) is 0 Å². The molecular weight excluding hydrogens is 261 g/mol. The molecule has 3 nitrogen and oxygen atoms in total. The Balaban J connectivity index is 2.61. The number of benzene rings is 1. The molecule has 0 aliphatic heterocycles. The third-order valence-electron chi connectivity index (χ3n) is 2.23. The number of aliphatic carboxylic acids is 1. The maximum Gasteiger partial charge on any atom is 0.331 e. The molecule has 0 fully saturated rings. The molecule has 0 heterocycles. The zero-order valence-electron chi connectivity index (χ0n) is 9.34. The van der Waals surface area contributed by atoms with Crippen LogP contribution in [-0.2, 0) is 4.79 Å². The Morgan fingerprint density at radius 1 is 1.41 bits per heavy atom. The van der Waals surface area contributed by atoms with Crippen molar-refractivity contribution in [3.63, 3.8) is 0 Å². The molecule has 0 aliphatic rings. The largest absolute Gasteiger partial charge is 0.478 e. The second-order valence-electron chi connectivity index (χ2n) is 3.40. The molecule has 0 saturated heterocycles. The van der Waals surface area contributed by atoms with Crippen molar-refractivity contribution in [2.24, 2.45) is 0 Å². The highest BCUT2D eigenvalue weighted by atomic mass is 35.5. The van der Waals surface area contributed by atoms with E-state index in [0.717, 1.165) is 5.69 Å². The fourth-order valence-electron chi connectivity index (χ4n) is 1.28. The van der Waals surface area contributed by atoms with Gasteiger partial charge in [-0.2, -0.15) is 0 Å². The van der Waals surface area contributed by atoms with Crippen LogP contribution >= 0.6 is 23.2 Å². The lowest BCUT2D eigenvalue weighted by Gasteiger charge is -2.05. The van der Waals surface area contributed by atoms with Crippen LogP contribution < -0.4 is 5.32 Å². The first kappa shape index (κ1) is 13.9. The second-order valence-corrected chi connectivity index (χ2v) is 4.21. The van der Waals surface area contributed by atoms with Gasteiger partial charge in [-0.1, -0.05) is 36.2 Å². The summed E-state index contributed by atoms with van der Waals surface area (Å²) in [5.74, 6) is -0.886. The normalized spacial score (nSPS) is 11.4. The lowest BCUT2D eigenvalue weighted by molar-refractivity contribution is -0.132. The molecule has 1 rings (SSSR count). The zero-order chi connectivity index (χ0) is 12.8. The van der Waals surface area contributed by atoms with Crippen LogP contribution in [0.15, 0.2) is 29.8 Å². The Bertz CT molecular complexity index is 444. The molecule has 0 radical (unpaired) electrons. The minimum Gasteiger partial charge on any atom is -0.478 e. The van der Waals surface area contributed by atoms with E-state index in [1.165, 1.54) is 0 Å². The van der Waals surface area contributed by atoms with E-state index in [9.17, 15) is 4.79 Å². The number of carboxylic acids is 1. The average molecular weight is 274 g/mol. The van der Waals surface area contributed by atoms with E-state index < -0.39 is 5.97 Å². The fraction of sp³-hybridized carbons (Fsp3) is 0.250. The van der Waals surface area contributed by atoms with Gasteiger partial charge in [-0.25, -0.2) is 4.79 Å². The molecule has 1 aromatic rings. The third-order valence-corrected chi connectivity index (χ3v) is 2.97. The molecule has 0 aromatic heterocycles. The topological polar surface area (TPSA) is 49.3 Å². The Kier molecular flexibility index (Phi) is 5.32. The van der Waals surface area contributed by atoms with Gasteiger partial charge in [0, 0.05) is 17.8 Å². The smallest absolute Gasteiger partial charge is 0.331 e. The standard InChI is InChI=1S/C12H13Cl2NO2/c1-2-8(12(16)17)5-6-15-9-3-4-10(13)11(14)7-9/h3-5,7,15H,2,6H2,1H3,(H,16,17)/b8-5-. The van der Waals surface area contributed by atoms with E-state index in [4.69, 9.17) is 28.3 Å². The van der Waals surface area contributed by atoms with Crippen molar-refractivity contribution in [3.8, 4) is 0 Å². The fourth-order valence-corrected chi connectivity index (χ4v) is 1.58. The van der Waals surface area contributed by atoms with Crippen molar-refractivity contribution in [2.45, 2.75) is 13.3 Å². The number of hydrogen-bond donors (Lipinski definition) is 2. The van der Waals surface area contributed by atoms with Gasteiger partial charge in [-0.05, 0) is 24.6 Å². The highest BCUT2D eigenvalue weighted by molar-refractivity contribution is 6.42. The second kappa shape index (κ2) is 6.52. The summed E-state index contributed by atoms with van der Waals surface area (Å²) in [6.45, 7) is 2.24. The number of halogens is 2. The monoisotopic (exact) mass is 273 g/mol. The SMILES string of the molecule is CC/C(=C/CNc1ccc(Cl)c(Cl)c1)C(=O)O. The highest BCUT2D eigenvalue weighted by Gasteiger charge is 2.03. The van der Waals surface area contributed by atoms with E-state index in [2.05, 4.69) is 5.32 Å². The summed E-state index contributed by atoms with van der Waals surface area (Å²) in [6, 6.07) is 5.17. The molecule has 0 spiro atoms. The summed E-state index contributed by atoms with van der Waals surface area (Å²) >= 11 is 11.6. The van der Waals surface area contributed by atoms with Crippen molar-refractivity contribution in [2.75, 3.05) is 11.9 Å². The lowest BCUT2D eigenvalue weighted by atomic mass is 10.2. The van der Waals surface area contributed by atoms with Gasteiger partial charge >= 0.3 is 5.97 Å². The molecule has 0 saturated carbocycles. The molecule has 2 N–H and O–H groups in total. The van der Waals surface area contributed by atoms with E-state index >= 15 is 0 Å². The van der Waals surface area contributed by atoms with Gasteiger partial charge in [0.2, 0.25) is 0 Å². The first-order chi connectivity index (χ1) is 8.04. The first-order valence-electron chi connectivity index (χ1n) is 5.15. The first-order valence-corrected chi connectivity index (χ1v) is 5.91. The van der Waals surface area contributed by atoms with Gasteiger partial charge in [0.25, 0.3) is 0 Å². The molecule has 0 atom stereocenters. The van der Waals surface area contributed by atoms with Crippen LogP contribution in [0.25, 0.3) is 0 Å². The predicted molar refractivity (Wildman–Crippen MR) is 71.0 cm³/mol.